The molecule has 1 aliphatic rings. The molecule has 1 fully saturated rings. The molecule has 1 aromatic carbocycles. The average molecular weight is 359 g/mol. The minimum atomic E-state index is -0.177. The van der Waals surface area contributed by atoms with E-state index in [1.807, 2.05) is 12.1 Å². The normalized spacial score (nSPS) is 20.1. The summed E-state index contributed by atoms with van der Waals surface area (Å²) < 4.78 is 5.35. The Morgan fingerprint density at radius 1 is 0.885 bits per heavy atom. The van der Waals surface area contributed by atoms with E-state index in [1.165, 1.54) is 63.4 Å². The van der Waals surface area contributed by atoms with Gasteiger partial charge in [-0.15, -0.1) is 0 Å². The van der Waals surface area contributed by atoms with Crippen LogP contribution < -0.4 is 0 Å². The van der Waals surface area contributed by atoms with Gasteiger partial charge in [0.2, 0.25) is 0 Å². The molecule has 1 saturated carbocycles. The van der Waals surface area contributed by atoms with Gasteiger partial charge >= 0.3 is 5.97 Å². The van der Waals surface area contributed by atoms with Crippen molar-refractivity contribution in [2.75, 3.05) is 6.61 Å². The van der Waals surface area contributed by atoms with Crippen molar-refractivity contribution in [3.8, 4) is 0 Å². The lowest BCUT2D eigenvalue weighted by atomic mass is 9.77. The smallest absolute Gasteiger partial charge is 0.338 e. The molecule has 26 heavy (non-hydrogen) atoms. The van der Waals surface area contributed by atoms with Gasteiger partial charge in [-0.05, 0) is 61.6 Å². The van der Waals surface area contributed by atoms with E-state index >= 15 is 0 Å². The van der Waals surface area contributed by atoms with Gasteiger partial charge in [-0.3, -0.25) is 0 Å². The molecule has 2 nitrogen and oxygen atoms in total. The Labute approximate surface area is 160 Å². The summed E-state index contributed by atoms with van der Waals surface area (Å²) in [6.07, 6.45) is 15.6. The van der Waals surface area contributed by atoms with Crippen molar-refractivity contribution in [2.24, 2.45) is 5.92 Å². The number of ether oxygens (including phenoxy) is 1. The van der Waals surface area contributed by atoms with Gasteiger partial charge in [0.25, 0.3) is 0 Å². The fourth-order valence-electron chi connectivity index (χ4n) is 4.14. The van der Waals surface area contributed by atoms with Gasteiger partial charge < -0.3 is 4.74 Å². The molecule has 0 N–H and O–H groups in total. The minimum absolute atomic E-state index is 0.177. The molecule has 146 valence electrons. The predicted molar refractivity (Wildman–Crippen MR) is 110 cm³/mol. The lowest BCUT2D eigenvalue weighted by molar-refractivity contribution is 0.0498. The average Bonchev–Trinajstić information content (AvgIpc) is 2.69. The fourth-order valence-corrected chi connectivity index (χ4v) is 4.14. The maximum atomic E-state index is 12.1. The second-order valence-corrected chi connectivity index (χ2v) is 8.03. The molecular weight excluding hydrogens is 320 g/mol. The van der Waals surface area contributed by atoms with Crippen LogP contribution in [0.5, 0.6) is 0 Å². The number of hydrogen-bond donors (Lipinski definition) is 0. The fraction of sp³-hybridized carbons (Fsp3) is 0.708. The summed E-state index contributed by atoms with van der Waals surface area (Å²) in [6.45, 7) is 4.97. The van der Waals surface area contributed by atoms with Crippen molar-refractivity contribution in [1.29, 1.82) is 0 Å². The van der Waals surface area contributed by atoms with E-state index < -0.39 is 0 Å². The van der Waals surface area contributed by atoms with E-state index in [0.29, 0.717) is 18.1 Å². The number of rotatable bonds is 11. The largest absolute Gasteiger partial charge is 0.462 e. The Hall–Kier alpha value is -1.31. The van der Waals surface area contributed by atoms with Crippen LogP contribution in [0.4, 0.5) is 0 Å². The van der Waals surface area contributed by atoms with Crippen LogP contribution in [0.25, 0.3) is 0 Å². The first-order valence-electron chi connectivity index (χ1n) is 11.0. The van der Waals surface area contributed by atoms with E-state index in [2.05, 4.69) is 26.0 Å². The maximum absolute atomic E-state index is 12.1. The quantitative estimate of drug-likeness (QED) is 0.307. The van der Waals surface area contributed by atoms with Crippen LogP contribution >= 0.6 is 0 Å². The third-order valence-corrected chi connectivity index (χ3v) is 5.91. The van der Waals surface area contributed by atoms with E-state index in [0.717, 1.165) is 25.2 Å². The van der Waals surface area contributed by atoms with Gasteiger partial charge in [0.05, 0.1) is 12.2 Å². The summed E-state index contributed by atoms with van der Waals surface area (Å²) in [4.78, 5) is 12.1. The molecule has 0 spiro atoms. The zero-order valence-corrected chi connectivity index (χ0v) is 17.0. The lowest BCUT2D eigenvalue weighted by Crippen LogP contribution is -2.13. The van der Waals surface area contributed by atoms with Crippen LogP contribution in [0.15, 0.2) is 24.3 Å². The van der Waals surface area contributed by atoms with Crippen molar-refractivity contribution in [3.63, 3.8) is 0 Å². The van der Waals surface area contributed by atoms with Gasteiger partial charge in [0, 0.05) is 0 Å². The van der Waals surface area contributed by atoms with E-state index in [4.69, 9.17) is 4.74 Å². The Kier molecular flexibility index (Phi) is 9.81. The molecule has 0 saturated heterocycles. The first kappa shape index (κ1) is 21.0. The van der Waals surface area contributed by atoms with Gasteiger partial charge in [0.15, 0.2) is 0 Å². The predicted octanol–water partition coefficient (Wildman–Crippen LogP) is 7.28. The molecule has 0 bridgehead atoms. The van der Waals surface area contributed by atoms with E-state index in [1.54, 1.807) is 0 Å². The molecular formula is C24H38O2. The van der Waals surface area contributed by atoms with Crippen LogP contribution in [0, 0.1) is 5.92 Å². The van der Waals surface area contributed by atoms with Crippen LogP contribution in [-0.4, -0.2) is 12.6 Å². The van der Waals surface area contributed by atoms with Crippen LogP contribution in [-0.2, 0) is 4.74 Å². The molecule has 0 radical (unpaired) electrons. The standard InChI is InChI=1S/C24H38O2/c1-3-5-7-8-10-20-11-13-21(14-12-20)22-15-17-23(18-16-22)24(25)26-19-9-6-4-2/h15-18,20-21H,3-14,19H2,1-2H3. The molecule has 0 aromatic heterocycles. The molecule has 2 rings (SSSR count). The summed E-state index contributed by atoms with van der Waals surface area (Å²) >= 11 is 0. The number of esters is 1. The van der Waals surface area contributed by atoms with Crippen molar-refractivity contribution in [3.05, 3.63) is 35.4 Å². The second kappa shape index (κ2) is 12.1. The van der Waals surface area contributed by atoms with Gasteiger partial charge in [-0.25, -0.2) is 4.79 Å². The SMILES string of the molecule is CCCCCCC1CCC(c2ccc(C(=O)OCCCCC)cc2)CC1. The number of carbonyl (C=O) groups is 1. The Morgan fingerprint density at radius 3 is 2.19 bits per heavy atom. The molecule has 1 aromatic rings. The molecule has 1 aliphatic carbocycles. The molecule has 0 atom stereocenters. The Morgan fingerprint density at radius 2 is 1.54 bits per heavy atom. The number of benzene rings is 1. The van der Waals surface area contributed by atoms with E-state index in [9.17, 15) is 4.79 Å². The molecule has 2 heteroatoms. The minimum Gasteiger partial charge on any atom is -0.462 e. The molecule has 0 unspecified atom stereocenters. The highest BCUT2D eigenvalue weighted by molar-refractivity contribution is 5.89. The monoisotopic (exact) mass is 358 g/mol. The van der Waals surface area contributed by atoms with Crippen LogP contribution in [0.1, 0.15) is 113 Å². The Balaban J connectivity index is 1.72. The summed E-state index contributed by atoms with van der Waals surface area (Å²) in [6, 6.07) is 8.20. The number of unbranched alkanes of at least 4 members (excludes halogenated alkanes) is 5. The highest BCUT2D eigenvalue weighted by Crippen LogP contribution is 2.37. The van der Waals surface area contributed by atoms with E-state index in [-0.39, 0.29) is 5.97 Å². The topological polar surface area (TPSA) is 26.3 Å². The summed E-state index contributed by atoms with van der Waals surface area (Å²) in [5.41, 5.74) is 2.09. The first-order valence-corrected chi connectivity index (χ1v) is 11.0. The molecule has 0 heterocycles. The molecule has 0 amide bonds. The lowest BCUT2D eigenvalue weighted by Gasteiger charge is -2.29. The van der Waals surface area contributed by atoms with Gasteiger partial charge in [-0.2, -0.15) is 0 Å². The zero-order chi connectivity index (χ0) is 18.6. The third kappa shape index (κ3) is 7.13. The summed E-state index contributed by atoms with van der Waals surface area (Å²) in [5.74, 6) is 1.44. The molecule has 0 aliphatic heterocycles. The van der Waals surface area contributed by atoms with Crippen molar-refractivity contribution < 1.29 is 9.53 Å². The third-order valence-electron chi connectivity index (χ3n) is 5.91. The second-order valence-electron chi connectivity index (χ2n) is 8.03. The zero-order valence-electron chi connectivity index (χ0n) is 17.0. The number of carbonyl (C=O) groups excluding carboxylic acids is 1. The summed E-state index contributed by atoms with van der Waals surface area (Å²) in [5, 5.41) is 0. The highest BCUT2D eigenvalue weighted by Gasteiger charge is 2.22. The van der Waals surface area contributed by atoms with Crippen LogP contribution in [0.2, 0.25) is 0 Å². The van der Waals surface area contributed by atoms with Crippen molar-refractivity contribution in [1.82, 2.24) is 0 Å². The number of hydrogen-bond acceptors (Lipinski definition) is 2. The van der Waals surface area contributed by atoms with Crippen molar-refractivity contribution in [2.45, 2.75) is 96.8 Å². The summed E-state index contributed by atoms with van der Waals surface area (Å²) in [7, 11) is 0. The Bertz CT molecular complexity index is 497. The van der Waals surface area contributed by atoms with Crippen molar-refractivity contribution >= 4 is 5.97 Å². The van der Waals surface area contributed by atoms with Gasteiger partial charge in [0.1, 0.15) is 0 Å². The highest BCUT2D eigenvalue weighted by atomic mass is 16.5. The maximum Gasteiger partial charge on any atom is 0.338 e. The van der Waals surface area contributed by atoms with Crippen LogP contribution in [0.3, 0.4) is 0 Å². The first-order chi connectivity index (χ1) is 12.7. The van der Waals surface area contributed by atoms with Gasteiger partial charge in [-0.1, -0.05) is 70.9 Å².